The Kier molecular flexibility index (Phi) is 7.25. The van der Waals surface area contributed by atoms with Gasteiger partial charge in [0.1, 0.15) is 6.10 Å². The van der Waals surface area contributed by atoms with Gasteiger partial charge in [0.15, 0.2) is 11.0 Å². The van der Waals surface area contributed by atoms with E-state index in [2.05, 4.69) is 36.0 Å². The maximum atomic E-state index is 12.8. The molecule has 1 aliphatic carbocycles. The molecule has 0 bridgehead atoms. The molecule has 0 amide bonds. The van der Waals surface area contributed by atoms with Gasteiger partial charge in [-0.25, -0.2) is 0 Å². The lowest BCUT2D eigenvalue weighted by Gasteiger charge is -2.36. The molecule has 1 aliphatic rings. The lowest BCUT2D eigenvalue weighted by Crippen LogP contribution is -2.36. The average molecular weight is 451 g/mol. The SMILES string of the molecule is CC(C)[C@H]1CC[C@@H](C)C[C@@H]1OC(=O)CSc1nnc(-c2ccncc2)n1-c1ccccc1. The van der Waals surface area contributed by atoms with Gasteiger partial charge in [0.2, 0.25) is 0 Å². The summed E-state index contributed by atoms with van der Waals surface area (Å²) >= 11 is 1.36. The van der Waals surface area contributed by atoms with Crippen LogP contribution < -0.4 is 0 Å². The number of para-hydroxylation sites is 1. The van der Waals surface area contributed by atoms with E-state index < -0.39 is 0 Å². The Morgan fingerprint density at radius 3 is 2.59 bits per heavy atom. The number of benzene rings is 1. The molecule has 7 heteroatoms. The molecule has 1 fully saturated rings. The zero-order valence-corrected chi connectivity index (χ0v) is 19.7. The number of carbonyl (C=O) groups excluding carboxylic acids is 1. The first kappa shape index (κ1) is 22.5. The summed E-state index contributed by atoms with van der Waals surface area (Å²) in [6.07, 6.45) is 6.77. The number of carbonyl (C=O) groups is 1. The molecule has 1 aromatic carbocycles. The van der Waals surface area contributed by atoms with Gasteiger partial charge in [0, 0.05) is 23.6 Å². The Morgan fingerprint density at radius 2 is 1.88 bits per heavy atom. The van der Waals surface area contributed by atoms with Gasteiger partial charge in [0.25, 0.3) is 0 Å². The summed E-state index contributed by atoms with van der Waals surface area (Å²) in [5.74, 6) is 2.28. The average Bonchev–Trinajstić information content (AvgIpc) is 3.23. The third kappa shape index (κ3) is 5.21. The number of esters is 1. The van der Waals surface area contributed by atoms with Gasteiger partial charge in [-0.05, 0) is 54.9 Å². The van der Waals surface area contributed by atoms with Crippen molar-refractivity contribution >= 4 is 17.7 Å². The molecule has 6 nitrogen and oxygen atoms in total. The van der Waals surface area contributed by atoms with Crippen LogP contribution in [-0.2, 0) is 9.53 Å². The largest absolute Gasteiger partial charge is 0.461 e. The number of ether oxygens (including phenoxy) is 1. The van der Waals surface area contributed by atoms with Crippen LogP contribution in [0.2, 0.25) is 0 Å². The number of pyridine rings is 1. The van der Waals surface area contributed by atoms with Crippen molar-refractivity contribution in [3.63, 3.8) is 0 Å². The summed E-state index contributed by atoms with van der Waals surface area (Å²) in [6.45, 7) is 6.69. The highest BCUT2D eigenvalue weighted by Gasteiger charge is 2.33. The summed E-state index contributed by atoms with van der Waals surface area (Å²) in [5, 5.41) is 9.47. The van der Waals surface area contributed by atoms with E-state index in [4.69, 9.17) is 4.74 Å². The minimum atomic E-state index is -0.187. The normalized spacial score (nSPS) is 20.9. The summed E-state index contributed by atoms with van der Waals surface area (Å²) in [7, 11) is 0. The Labute approximate surface area is 193 Å². The van der Waals surface area contributed by atoms with Crippen molar-refractivity contribution in [3.05, 3.63) is 54.9 Å². The van der Waals surface area contributed by atoms with Crippen molar-refractivity contribution in [2.24, 2.45) is 17.8 Å². The van der Waals surface area contributed by atoms with E-state index in [1.807, 2.05) is 47.0 Å². The maximum absolute atomic E-state index is 12.8. The van der Waals surface area contributed by atoms with Crippen molar-refractivity contribution in [2.45, 2.75) is 51.3 Å². The smallest absolute Gasteiger partial charge is 0.316 e. The molecule has 3 atom stereocenters. The van der Waals surface area contributed by atoms with Crippen LogP contribution in [0.5, 0.6) is 0 Å². The van der Waals surface area contributed by atoms with Crippen LogP contribution in [0.4, 0.5) is 0 Å². The second-order valence-corrected chi connectivity index (χ2v) is 9.80. The van der Waals surface area contributed by atoms with Crippen LogP contribution in [0.25, 0.3) is 17.1 Å². The zero-order chi connectivity index (χ0) is 22.5. The van der Waals surface area contributed by atoms with Crippen molar-refractivity contribution < 1.29 is 9.53 Å². The lowest BCUT2D eigenvalue weighted by atomic mass is 9.75. The number of aromatic nitrogens is 4. The fourth-order valence-electron chi connectivity index (χ4n) is 4.44. The number of hydrogen-bond acceptors (Lipinski definition) is 6. The summed E-state index contributed by atoms with van der Waals surface area (Å²) in [4.78, 5) is 16.9. The van der Waals surface area contributed by atoms with Gasteiger partial charge < -0.3 is 4.74 Å². The number of hydrogen-bond donors (Lipinski definition) is 0. The predicted molar refractivity (Wildman–Crippen MR) is 127 cm³/mol. The zero-order valence-electron chi connectivity index (χ0n) is 18.8. The van der Waals surface area contributed by atoms with E-state index in [0.717, 1.165) is 29.9 Å². The van der Waals surface area contributed by atoms with Gasteiger partial charge >= 0.3 is 5.97 Å². The van der Waals surface area contributed by atoms with E-state index in [-0.39, 0.29) is 17.8 Å². The number of thioether (sulfide) groups is 1. The number of nitrogens with zero attached hydrogens (tertiary/aromatic N) is 4. The molecule has 0 unspecified atom stereocenters. The van der Waals surface area contributed by atoms with Gasteiger partial charge in [-0.1, -0.05) is 57.2 Å². The highest BCUT2D eigenvalue weighted by Crippen LogP contribution is 2.36. The minimum absolute atomic E-state index is 0.00576. The fourth-order valence-corrected chi connectivity index (χ4v) is 5.17. The molecule has 0 saturated heterocycles. The van der Waals surface area contributed by atoms with Crippen LogP contribution in [0.3, 0.4) is 0 Å². The Morgan fingerprint density at radius 1 is 1.12 bits per heavy atom. The topological polar surface area (TPSA) is 69.9 Å². The fraction of sp³-hybridized carbons (Fsp3) is 0.440. The van der Waals surface area contributed by atoms with Crippen molar-refractivity contribution in [1.29, 1.82) is 0 Å². The van der Waals surface area contributed by atoms with E-state index in [0.29, 0.717) is 22.9 Å². The molecule has 32 heavy (non-hydrogen) atoms. The second-order valence-electron chi connectivity index (χ2n) is 8.86. The molecule has 0 N–H and O–H groups in total. The second kappa shape index (κ2) is 10.3. The summed E-state index contributed by atoms with van der Waals surface area (Å²) in [5.41, 5.74) is 1.86. The molecule has 0 aliphatic heterocycles. The van der Waals surface area contributed by atoms with Crippen LogP contribution in [-0.4, -0.2) is 37.6 Å². The molecular formula is C25H30N4O2S. The van der Waals surface area contributed by atoms with Crippen molar-refractivity contribution in [3.8, 4) is 17.1 Å². The van der Waals surface area contributed by atoms with E-state index in [9.17, 15) is 4.79 Å². The molecule has 1 saturated carbocycles. The molecule has 2 aromatic heterocycles. The third-order valence-electron chi connectivity index (χ3n) is 6.15. The van der Waals surface area contributed by atoms with Gasteiger partial charge in [-0.3, -0.25) is 14.3 Å². The summed E-state index contributed by atoms with van der Waals surface area (Å²) in [6, 6.07) is 13.8. The predicted octanol–water partition coefficient (Wildman–Crippen LogP) is 5.43. The highest BCUT2D eigenvalue weighted by atomic mass is 32.2. The summed E-state index contributed by atoms with van der Waals surface area (Å²) < 4.78 is 7.95. The highest BCUT2D eigenvalue weighted by molar-refractivity contribution is 7.99. The maximum Gasteiger partial charge on any atom is 0.316 e. The molecule has 0 radical (unpaired) electrons. The molecular weight excluding hydrogens is 420 g/mol. The molecule has 3 aromatic rings. The quantitative estimate of drug-likeness (QED) is 0.353. The van der Waals surface area contributed by atoms with Crippen LogP contribution >= 0.6 is 11.8 Å². The molecule has 168 valence electrons. The van der Waals surface area contributed by atoms with Gasteiger partial charge in [-0.15, -0.1) is 10.2 Å². The molecule has 2 heterocycles. The molecule has 4 rings (SSSR count). The Balaban J connectivity index is 1.51. The van der Waals surface area contributed by atoms with Crippen molar-refractivity contribution in [2.75, 3.05) is 5.75 Å². The van der Waals surface area contributed by atoms with Gasteiger partial charge in [0.05, 0.1) is 5.75 Å². The van der Waals surface area contributed by atoms with Crippen LogP contribution in [0, 0.1) is 17.8 Å². The number of rotatable bonds is 7. The van der Waals surface area contributed by atoms with E-state index >= 15 is 0 Å². The van der Waals surface area contributed by atoms with Crippen LogP contribution in [0.1, 0.15) is 40.0 Å². The first-order valence-corrected chi connectivity index (χ1v) is 12.2. The minimum Gasteiger partial charge on any atom is -0.461 e. The third-order valence-corrected chi connectivity index (χ3v) is 7.05. The standard InChI is InChI=1S/C25H30N4O2S/c1-17(2)21-10-9-18(3)15-22(21)31-23(30)16-32-25-28-27-24(19-11-13-26-14-12-19)29(25)20-7-5-4-6-8-20/h4-8,11-14,17-18,21-22H,9-10,15-16H2,1-3H3/t18-,21-,22+/m1/s1. The Bertz CT molecular complexity index is 1020. The van der Waals surface area contributed by atoms with E-state index in [1.165, 1.54) is 18.2 Å². The molecule has 0 spiro atoms. The first-order valence-electron chi connectivity index (χ1n) is 11.3. The Hall–Kier alpha value is -2.67. The monoisotopic (exact) mass is 450 g/mol. The van der Waals surface area contributed by atoms with Crippen molar-refractivity contribution in [1.82, 2.24) is 19.7 Å². The van der Waals surface area contributed by atoms with E-state index in [1.54, 1.807) is 12.4 Å². The van der Waals surface area contributed by atoms with Crippen LogP contribution in [0.15, 0.2) is 60.0 Å². The first-order chi connectivity index (χ1) is 15.5. The lowest BCUT2D eigenvalue weighted by molar-refractivity contribution is -0.152. The van der Waals surface area contributed by atoms with Gasteiger partial charge in [-0.2, -0.15) is 0 Å².